The third-order valence-corrected chi connectivity index (χ3v) is 3.72. The fraction of sp³-hybridized carbons (Fsp3) is 0.600. The zero-order valence-electron chi connectivity index (χ0n) is 10.5. The van der Waals surface area contributed by atoms with E-state index in [1.165, 1.54) is 48.8 Å². The van der Waals surface area contributed by atoms with Crippen molar-refractivity contribution in [1.29, 1.82) is 0 Å². The van der Waals surface area contributed by atoms with Crippen molar-refractivity contribution < 1.29 is 0 Å². The molecule has 1 heteroatoms. The SMILES string of the molecule is Cc1ccc(C)c(CCCC(N)C2CC2)c1. The summed E-state index contributed by atoms with van der Waals surface area (Å²) in [6.07, 6.45) is 6.35. The monoisotopic (exact) mass is 217 g/mol. The zero-order chi connectivity index (χ0) is 11.5. The normalized spacial score (nSPS) is 17.4. The minimum Gasteiger partial charge on any atom is -0.327 e. The Bertz CT molecular complexity index is 352. The van der Waals surface area contributed by atoms with Gasteiger partial charge >= 0.3 is 0 Å². The van der Waals surface area contributed by atoms with E-state index >= 15 is 0 Å². The number of benzene rings is 1. The molecule has 0 aliphatic heterocycles. The van der Waals surface area contributed by atoms with Crippen LogP contribution in [0.2, 0.25) is 0 Å². The average molecular weight is 217 g/mol. The molecule has 0 saturated heterocycles. The molecule has 0 aromatic heterocycles. The number of rotatable bonds is 5. The van der Waals surface area contributed by atoms with Crippen molar-refractivity contribution in [2.24, 2.45) is 11.7 Å². The zero-order valence-corrected chi connectivity index (χ0v) is 10.5. The Balaban J connectivity index is 1.81. The van der Waals surface area contributed by atoms with Crippen LogP contribution in [0, 0.1) is 19.8 Å². The van der Waals surface area contributed by atoms with Gasteiger partial charge in [0.25, 0.3) is 0 Å². The van der Waals surface area contributed by atoms with Crippen LogP contribution in [0.3, 0.4) is 0 Å². The summed E-state index contributed by atoms with van der Waals surface area (Å²) in [4.78, 5) is 0. The van der Waals surface area contributed by atoms with Crippen molar-refractivity contribution in [2.75, 3.05) is 0 Å². The van der Waals surface area contributed by atoms with E-state index in [1.54, 1.807) is 0 Å². The van der Waals surface area contributed by atoms with Crippen molar-refractivity contribution in [2.45, 2.75) is 52.0 Å². The molecule has 1 aromatic rings. The molecule has 1 aliphatic rings. The summed E-state index contributed by atoms with van der Waals surface area (Å²) in [7, 11) is 0. The minimum atomic E-state index is 0.463. The van der Waals surface area contributed by atoms with Crippen LogP contribution < -0.4 is 5.73 Å². The van der Waals surface area contributed by atoms with E-state index in [-0.39, 0.29) is 0 Å². The number of hydrogen-bond donors (Lipinski definition) is 1. The standard InChI is InChI=1S/C15H23N/c1-11-6-7-12(2)14(10-11)4-3-5-15(16)13-8-9-13/h6-7,10,13,15H,3-5,8-9,16H2,1-2H3. The van der Waals surface area contributed by atoms with Crippen molar-refractivity contribution in [1.82, 2.24) is 0 Å². The highest BCUT2D eigenvalue weighted by atomic mass is 14.7. The van der Waals surface area contributed by atoms with Crippen LogP contribution in [-0.2, 0) is 6.42 Å². The van der Waals surface area contributed by atoms with Gasteiger partial charge in [0.1, 0.15) is 0 Å². The van der Waals surface area contributed by atoms with Gasteiger partial charge in [0.2, 0.25) is 0 Å². The van der Waals surface area contributed by atoms with E-state index in [0.29, 0.717) is 6.04 Å². The van der Waals surface area contributed by atoms with Gasteiger partial charge in [-0.05, 0) is 63.0 Å². The number of aryl methyl sites for hydroxylation is 3. The van der Waals surface area contributed by atoms with Gasteiger partial charge in [-0.15, -0.1) is 0 Å². The second kappa shape index (κ2) is 5.01. The molecule has 0 radical (unpaired) electrons. The van der Waals surface area contributed by atoms with Crippen molar-refractivity contribution >= 4 is 0 Å². The molecule has 1 aromatic carbocycles. The van der Waals surface area contributed by atoms with E-state index < -0.39 is 0 Å². The first-order chi connectivity index (χ1) is 7.66. The van der Waals surface area contributed by atoms with Crippen LogP contribution in [-0.4, -0.2) is 6.04 Å². The molecule has 1 aliphatic carbocycles. The number of hydrogen-bond acceptors (Lipinski definition) is 1. The van der Waals surface area contributed by atoms with E-state index in [2.05, 4.69) is 32.0 Å². The van der Waals surface area contributed by atoms with Gasteiger partial charge in [0.15, 0.2) is 0 Å². The van der Waals surface area contributed by atoms with Gasteiger partial charge in [0, 0.05) is 6.04 Å². The highest BCUT2D eigenvalue weighted by molar-refractivity contribution is 5.30. The fourth-order valence-electron chi connectivity index (χ4n) is 2.36. The molecule has 1 nitrogen and oxygen atoms in total. The molecule has 1 fully saturated rings. The van der Waals surface area contributed by atoms with Gasteiger partial charge < -0.3 is 5.73 Å². The Morgan fingerprint density at radius 2 is 2.06 bits per heavy atom. The van der Waals surface area contributed by atoms with Crippen LogP contribution >= 0.6 is 0 Å². The summed E-state index contributed by atoms with van der Waals surface area (Å²) in [5.74, 6) is 0.846. The van der Waals surface area contributed by atoms with Crippen molar-refractivity contribution in [3.05, 3.63) is 34.9 Å². The maximum atomic E-state index is 6.11. The van der Waals surface area contributed by atoms with Gasteiger partial charge in [-0.1, -0.05) is 23.8 Å². The molecule has 88 valence electrons. The molecular weight excluding hydrogens is 194 g/mol. The maximum absolute atomic E-state index is 6.11. The first-order valence-electron chi connectivity index (χ1n) is 6.48. The molecule has 1 unspecified atom stereocenters. The maximum Gasteiger partial charge on any atom is 0.00672 e. The van der Waals surface area contributed by atoms with E-state index in [1.807, 2.05) is 0 Å². The van der Waals surface area contributed by atoms with Crippen LogP contribution in [0.1, 0.15) is 42.4 Å². The minimum absolute atomic E-state index is 0.463. The fourth-order valence-corrected chi connectivity index (χ4v) is 2.36. The van der Waals surface area contributed by atoms with Crippen LogP contribution in [0.5, 0.6) is 0 Å². The molecule has 2 rings (SSSR count). The molecule has 0 heterocycles. The molecule has 1 atom stereocenters. The Labute approximate surface area is 99.0 Å². The second-order valence-electron chi connectivity index (χ2n) is 5.32. The largest absolute Gasteiger partial charge is 0.327 e. The summed E-state index contributed by atoms with van der Waals surface area (Å²) in [6.45, 7) is 4.37. The molecule has 0 amide bonds. The molecule has 2 N–H and O–H groups in total. The third kappa shape index (κ3) is 3.08. The summed E-state index contributed by atoms with van der Waals surface area (Å²) in [6, 6.07) is 7.20. The third-order valence-electron chi connectivity index (χ3n) is 3.72. The van der Waals surface area contributed by atoms with Crippen LogP contribution in [0.25, 0.3) is 0 Å². The van der Waals surface area contributed by atoms with Gasteiger partial charge in [-0.25, -0.2) is 0 Å². The Morgan fingerprint density at radius 3 is 2.75 bits per heavy atom. The van der Waals surface area contributed by atoms with E-state index in [9.17, 15) is 0 Å². The highest BCUT2D eigenvalue weighted by Crippen LogP contribution is 2.33. The lowest BCUT2D eigenvalue weighted by molar-refractivity contribution is 0.528. The smallest absolute Gasteiger partial charge is 0.00672 e. The lowest BCUT2D eigenvalue weighted by atomic mass is 9.98. The molecule has 1 saturated carbocycles. The first-order valence-corrected chi connectivity index (χ1v) is 6.48. The van der Waals surface area contributed by atoms with Crippen LogP contribution in [0.4, 0.5) is 0 Å². The lowest BCUT2D eigenvalue weighted by Gasteiger charge is -2.11. The predicted molar refractivity (Wildman–Crippen MR) is 69.6 cm³/mol. The molecule has 0 bridgehead atoms. The highest BCUT2D eigenvalue weighted by Gasteiger charge is 2.27. The topological polar surface area (TPSA) is 26.0 Å². The molecule has 0 spiro atoms. The van der Waals surface area contributed by atoms with Crippen LogP contribution in [0.15, 0.2) is 18.2 Å². The molecular formula is C15H23N. The summed E-state index contributed by atoms with van der Waals surface area (Å²) < 4.78 is 0. The van der Waals surface area contributed by atoms with Crippen molar-refractivity contribution in [3.8, 4) is 0 Å². The summed E-state index contributed by atoms with van der Waals surface area (Å²) >= 11 is 0. The van der Waals surface area contributed by atoms with Gasteiger partial charge in [0.05, 0.1) is 0 Å². The first kappa shape index (κ1) is 11.7. The Hall–Kier alpha value is -0.820. The van der Waals surface area contributed by atoms with E-state index in [4.69, 9.17) is 5.73 Å². The molecule has 16 heavy (non-hydrogen) atoms. The second-order valence-corrected chi connectivity index (χ2v) is 5.32. The Kier molecular flexibility index (Phi) is 3.65. The van der Waals surface area contributed by atoms with Gasteiger partial charge in [-0.3, -0.25) is 0 Å². The average Bonchev–Trinajstić information content (AvgIpc) is 3.06. The Morgan fingerprint density at radius 1 is 1.31 bits per heavy atom. The summed E-state index contributed by atoms with van der Waals surface area (Å²) in [5.41, 5.74) is 10.4. The lowest BCUT2D eigenvalue weighted by Crippen LogP contribution is -2.22. The van der Waals surface area contributed by atoms with E-state index in [0.717, 1.165) is 5.92 Å². The number of nitrogens with two attached hydrogens (primary N) is 1. The van der Waals surface area contributed by atoms with Crippen molar-refractivity contribution in [3.63, 3.8) is 0 Å². The predicted octanol–water partition coefficient (Wildman–Crippen LogP) is 3.36. The summed E-state index contributed by atoms with van der Waals surface area (Å²) in [5, 5.41) is 0. The quantitative estimate of drug-likeness (QED) is 0.804. The van der Waals surface area contributed by atoms with Gasteiger partial charge in [-0.2, -0.15) is 0 Å².